The first-order valence-electron chi connectivity index (χ1n) is 7.15. The normalized spacial score (nSPS) is 24.4. The molecule has 4 rings (SSSR count). The molecule has 3 heteroatoms. The van der Waals surface area contributed by atoms with Crippen LogP contribution >= 0.6 is 11.3 Å². The number of hydrogen-bond donors (Lipinski definition) is 0. The number of likely N-dealkylation sites (N-methyl/N-ethyl adjacent to an activating group) is 1. The average Bonchev–Trinajstić information content (AvgIpc) is 3.09. The second-order valence-electron chi connectivity index (χ2n) is 6.02. The molecule has 1 aromatic heterocycles. The fraction of sp³-hybridized carbons (Fsp3) is 0.353. The van der Waals surface area contributed by atoms with Crippen LogP contribution in [0.15, 0.2) is 40.0 Å². The first-order valence-corrected chi connectivity index (χ1v) is 8.09. The standard InChI is InChI=1S/C17H18N2S/c1-19-11-17(18-12-19)7-5-16-13(9-17)3-2-4-15(16)14-6-8-20-10-14/h2-4,6,8,10,12H,5,7,9,11H2,1H3. The highest BCUT2D eigenvalue weighted by Gasteiger charge is 2.38. The third-order valence-electron chi connectivity index (χ3n) is 4.54. The van der Waals surface area contributed by atoms with Crippen LogP contribution in [0.1, 0.15) is 17.5 Å². The van der Waals surface area contributed by atoms with Gasteiger partial charge < -0.3 is 4.90 Å². The van der Waals surface area contributed by atoms with Crippen molar-refractivity contribution >= 4 is 17.7 Å². The van der Waals surface area contributed by atoms with Crippen molar-refractivity contribution in [2.24, 2.45) is 4.99 Å². The van der Waals surface area contributed by atoms with Gasteiger partial charge in [0.15, 0.2) is 0 Å². The average molecular weight is 282 g/mol. The minimum Gasteiger partial charge on any atom is -0.364 e. The summed E-state index contributed by atoms with van der Waals surface area (Å²) in [6.07, 6.45) is 5.41. The molecule has 102 valence electrons. The lowest BCUT2D eigenvalue weighted by Crippen LogP contribution is -2.38. The van der Waals surface area contributed by atoms with Gasteiger partial charge in [-0.15, -0.1) is 0 Å². The Morgan fingerprint density at radius 2 is 2.25 bits per heavy atom. The fourth-order valence-corrected chi connectivity index (χ4v) is 4.25. The predicted octanol–water partition coefficient (Wildman–Crippen LogP) is 3.62. The van der Waals surface area contributed by atoms with E-state index in [2.05, 4.69) is 47.0 Å². The third kappa shape index (κ3) is 1.88. The third-order valence-corrected chi connectivity index (χ3v) is 5.22. The van der Waals surface area contributed by atoms with Gasteiger partial charge in [0.25, 0.3) is 0 Å². The summed E-state index contributed by atoms with van der Waals surface area (Å²) in [4.78, 5) is 7.02. The Kier molecular flexibility index (Phi) is 2.71. The molecular weight excluding hydrogens is 264 g/mol. The molecule has 1 unspecified atom stereocenters. The molecule has 2 aromatic rings. The highest BCUT2D eigenvalue weighted by atomic mass is 32.1. The zero-order valence-corrected chi connectivity index (χ0v) is 12.5. The minimum atomic E-state index is 0.134. The highest BCUT2D eigenvalue weighted by Crippen LogP contribution is 2.38. The van der Waals surface area contributed by atoms with Gasteiger partial charge in [-0.05, 0) is 58.3 Å². The molecule has 2 heterocycles. The van der Waals surface area contributed by atoms with Crippen LogP contribution in [0.2, 0.25) is 0 Å². The van der Waals surface area contributed by atoms with Crippen LogP contribution < -0.4 is 0 Å². The lowest BCUT2D eigenvalue weighted by molar-refractivity contribution is 0.336. The predicted molar refractivity (Wildman–Crippen MR) is 85.6 cm³/mol. The minimum absolute atomic E-state index is 0.134. The molecule has 1 atom stereocenters. The smallest absolute Gasteiger partial charge is 0.0855 e. The van der Waals surface area contributed by atoms with Crippen LogP contribution in [-0.4, -0.2) is 30.4 Å². The molecule has 0 bridgehead atoms. The van der Waals surface area contributed by atoms with E-state index in [1.807, 2.05) is 6.34 Å². The van der Waals surface area contributed by atoms with Crippen LogP contribution in [0.25, 0.3) is 11.1 Å². The maximum atomic E-state index is 4.80. The largest absolute Gasteiger partial charge is 0.364 e. The van der Waals surface area contributed by atoms with Crippen LogP contribution in [0.5, 0.6) is 0 Å². The molecule has 2 nitrogen and oxygen atoms in total. The summed E-state index contributed by atoms with van der Waals surface area (Å²) in [6.45, 7) is 1.06. The van der Waals surface area contributed by atoms with Crippen LogP contribution in [0.3, 0.4) is 0 Å². The summed E-state index contributed by atoms with van der Waals surface area (Å²) in [6, 6.07) is 8.99. The molecule has 0 saturated heterocycles. The van der Waals surface area contributed by atoms with Gasteiger partial charge >= 0.3 is 0 Å². The molecule has 0 amide bonds. The number of benzene rings is 1. The fourth-order valence-electron chi connectivity index (χ4n) is 3.60. The molecule has 0 saturated carbocycles. The molecule has 20 heavy (non-hydrogen) atoms. The number of aliphatic imine (C=N–C) groups is 1. The van der Waals surface area contributed by atoms with Crippen molar-refractivity contribution in [1.82, 2.24) is 4.90 Å². The first kappa shape index (κ1) is 12.2. The Balaban J connectivity index is 1.74. The van der Waals surface area contributed by atoms with E-state index < -0.39 is 0 Å². The number of rotatable bonds is 1. The van der Waals surface area contributed by atoms with Gasteiger partial charge in [-0.1, -0.05) is 18.2 Å². The van der Waals surface area contributed by atoms with Crippen LogP contribution in [0, 0.1) is 0 Å². The van der Waals surface area contributed by atoms with Gasteiger partial charge in [-0.2, -0.15) is 11.3 Å². The molecule has 1 aromatic carbocycles. The lowest BCUT2D eigenvalue weighted by Gasteiger charge is -2.33. The molecule has 2 aliphatic rings. The maximum absolute atomic E-state index is 4.80. The maximum Gasteiger partial charge on any atom is 0.0855 e. The van der Waals surface area contributed by atoms with Crippen LogP contribution in [-0.2, 0) is 12.8 Å². The number of fused-ring (bicyclic) bond motifs is 1. The van der Waals surface area contributed by atoms with Crippen molar-refractivity contribution in [3.05, 3.63) is 46.2 Å². The second-order valence-corrected chi connectivity index (χ2v) is 6.80. The second kappa shape index (κ2) is 4.45. The number of hydrogen-bond acceptors (Lipinski definition) is 3. The summed E-state index contributed by atoms with van der Waals surface area (Å²) >= 11 is 1.77. The van der Waals surface area contributed by atoms with Crippen molar-refractivity contribution in [3.8, 4) is 11.1 Å². The van der Waals surface area contributed by atoms with E-state index in [-0.39, 0.29) is 5.54 Å². The van der Waals surface area contributed by atoms with Gasteiger partial charge in [0, 0.05) is 13.6 Å². The van der Waals surface area contributed by atoms with E-state index in [4.69, 9.17) is 4.99 Å². The van der Waals surface area contributed by atoms with E-state index in [0.717, 1.165) is 19.4 Å². The van der Waals surface area contributed by atoms with Crippen molar-refractivity contribution in [2.75, 3.05) is 13.6 Å². The van der Waals surface area contributed by atoms with E-state index in [0.29, 0.717) is 0 Å². The summed E-state index contributed by atoms with van der Waals surface area (Å²) in [5.74, 6) is 0. The van der Waals surface area contributed by atoms with Crippen molar-refractivity contribution in [2.45, 2.75) is 24.8 Å². The number of thiophene rings is 1. The van der Waals surface area contributed by atoms with Gasteiger partial charge in [-0.25, -0.2) is 0 Å². The zero-order valence-electron chi connectivity index (χ0n) is 11.7. The molecule has 1 spiro atoms. The SMILES string of the molecule is CN1C=NC2(CCc3c(cccc3-c3ccsc3)C2)C1. The molecule has 0 radical (unpaired) electrons. The number of nitrogens with zero attached hydrogens (tertiary/aromatic N) is 2. The van der Waals surface area contributed by atoms with E-state index in [9.17, 15) is 0 Å². The molecule has 0 N–H and O–H groups in total. The molecule has 0 fully saturated rings. The summed E-state index contributed by atoms with van der Waals surface area (Å²) in [5, 5.41) is 4.41. The summed E-state index contributed by atoms with van der Waals surface area (Å²) < 4.78 is 0. The summed E-state index contributed by atoms with van der Waals surface area (Å²) in [5.41, 5.74) is 5.96. The lowest BCUT2D eigenvalue weighted by atomic mass is 9.76. The zero-order chi connectivity index (χ0) is 13.6. The molecule has 1 aliphatic carbocycles. The first-order chi connectivity index (χ1) is 9.76. The Hall–Kier alpha value is -1.61. The van der Waals surface area contributed by atoms with Crippen molar-refractivity contribution in [3.63, 3.8) is 0 Å². The van der Waals surface area contributed by atoms with Gasteiger partial charge in [0.1, 0.15) is 0 Å². The summed E-state index contributed by atoms with van der Waals surface area (Å²) in [7, 11) is 2.12. The monoisotopic (exact) mass is 282 g/mol. The van der Waals surface area contributed by atoms with Gasteiger partial charge in [0.05, 0.1) is 11.9 Å². The Labute approximate surface area is 123 Å². The Morgan fingerprint density at radius 1 is 1.30 bits per heavy atom. The van der Waals surface area contributed by atoms with Crippen molar-refractivity contribution < 1.29 is 0 Å². The Morgan fingerprint density at radius 3 is 3.00 bits per heavy atom. The van der Waals surface area contributed by atoms with E-state index in [1.54, 1.807) is 16.9 Å². The topological polar surface area (TPSA) is 15.6 Å². The van der Waals surface area contributed by atoms with E-state index >= 15 is 0 Å². The quantitative estimate of drug-likeness (QED) is 0.780. The van der Waals surface area contributed by atoms with Crippen molar-refractivity contribution in [1.29, 1.82) is 0 Å². The van der Waals surface area contributed by atoms with Gasteiger partial charge in [0.2, 0.25) is 0 Å². The highest BCUT2D eigenvalue weighted by molar-refractivity contribution is 7.08. The molecular formula is C17H18N2S. The van der Waals surface area contributed by atoms with E-state index in [1.165, 1.54) is 23.1 Å². The molecule has 1 aliphatic heterocycles. The Bertz CT molecular complexity index is 660. The van der Waals surface area contributed by atoms with Crippen LogP contribution in [0.4, 0.5) is 0 Å². The van der Waals surface area contributed by atoms with Gasteiger partial charge in [-0.3, -0.25) is 4.99 Å².